The lowest BCUT2D eigenvalue weighted by Crippen LogP contribution is -2.34. The van der Waals surface area contributed by atoms with Crippen LogP contribution in [0.2, 0.25) is 0 Å². The van der Waals surface area contributed by atoms with Gasteiger partial charge in [0.05, 0.1) is 12.0 Å². The SMILES string of the molecule is C[C@H](c1ccccc1)N1C[C@H](C(=O)NCCc2ccc3c(c2)OCCO3)CC1=O. The molecule has 6 nitrogen and oxygen atoms in total. The van der Waals surface area contributed by atoms with Crippen LogP contribution >= 0.6 is 0 Å². The molecule has 0 radical (unpaired) electrons. The van der Waals surface area contributed by atoms with Crippen LogP contribution in [0.25, 0.3) is 0 Å². The number of hydrogen-bond acceptors (Lipinski definition) is 4. The van der Waals surface area contributed by atoms with E-state index in [-0.39, 0.29) is 30.2 Å². The molecule has 2 aliphatic rings. The highest BCUT2D eigenvalue weighted by atomic mass is 16.6. The molecule has 2 aromatic rings. The van der Waals surface area contributed by atoms with Crippen molar-refractivity contribution in [3.63, 3.8) is 0 Å². The van der Waals surface area contributed by atoms with Crippen LogP contribution in [-0.2, 0) is 16.0 Å². The molecule has 2 aliphatic heterocycles. The second kappa shape index (κ2) is 8.55. The summed E-state index contributed by atoms with van der Waals surface area (Å²) in [6.07, 6.45) is 0.972. The van der Waals surface area contributed by atoms with E-state index in [4.69, 9.17) is 9.47 Å². The van der Waals surface area contributed by atoms with E-state index in [1.165, 1.54) is 0 Å². The average molecular weight is 394 g/mol. The minimum Gasteiger partial charge on any atom is -0.486 e. The standard InChI is InChI=1S/C23H26N2O4/c1-16(18-5-3-2-4-6-18)25-15-19(14-22(25)26)23(27)24-10-9-17-7-8-20-21(13-17)29-12-11-28-20/h2-8,13,16,19H,9-12,14-15H2,1H3,(H,24,27)/t16-,19-/m1/s1. The first kappa shape index (κ1) is 19.3. The van der Waals surface area contributed by atoms with E-state index < -0.39 is 0 Å². The third kappa shape index (κ3) is 4.36. The average Bonchev–Trinajstić information content (AvgIpc) is 3.15. The Morgan fingerprint density at radius 3 is 2.69 bits per heavy atom. The molecule has 1 fully saturated rings. The van der Waals surface area contributed by atoms with Gasteiger partial charge in [0.25, 0.3) is 0 Å². The highest BCUT2D eigenvalue weighted by Crippen LogP contribution is 2.31. The van der Waals surface area contributed by atoms with E-state index in [1.54, 1.807) is 4.90 Å². The third-order valence-corrected chi connectivity index (χ3v) is 5.60. The molecule has 2 amide bonds. The summed E-state index contributed by atoms with van der Waals surface area (Å²) in [5, 5.41) is 2.98. The molecule has 2 aromatic carbocycles. The van der Waals surface area contributed by atoms with Gasteiger partial charge in [-0.2, -0.15) is 0 Å². The quantitative estimate of drug-likeness (QED) is 0.818. The summed E-state index contributed by atoms with van der Waals surface area (Å²) in [6.45, 7) is 4.13. The largest absolute Gasteiger partial charge is 0.486 e. The van der Waals surface area contributed by atoms with Gasteiger partial charge in [0.1, 0.15) is 13.2 Å². The molecule has 0 bridgehead atoms. The summed E-state index contributed by atoms with van der Waals surface area (Å²) in [6, 6.07) is 15.7. The summed E-state index contributed by atoms with van der Waals surface area (Å²) in [4.78, 5) is 26.8. The number of nitrogens with zero attached hydrogens (tertiary/aromatic N) is 1. The second-order valence-corrected chi connectivity index (χ2v) is 7.55. The van der Waals surface area contributed by atoms with Crippen molar-refractivity contribution in [3.8, 4) is 11.5 Å². The lowest BCUT2D eigenvalue weighted by molar-refractivity contribution is -0.130. The lowest BCUT2D eigenvalue weighted by Gasteiger charge is -2.25. The van der Waals surface area contributed by atoms with Gasteiger partial charge in [0.2, 0.25) is 11.8 Å². The zero-order valence-electron chi connectivity index (χ0n) is 16.6. The maximum atomic E-state index is 12.6. The van der Waals surface area contributed by atoms with Crippen molar-refractivity contribution in [2.24, 2.45) is 5.92 Å². The summed E-state index contributed by atoms with van der Waals surface area (Å²) in [5.74, 6) is 1.20. The molecule has 2 atom stereocenters. The Labute approximate surface area is 170 Å². The van der Waals surface area contributed by atoms with Crippen molar-refractivity contribution in [2.75, 3.05) is 26.3 Å². The first-order valence-corrected chi connectivity index (χ1v) is 10.1. The number of rotatable bonds is 6. The molecule has 1 saturated heterocycles. The number of hydrogen-bond donors (Lipinski definition) is 1. The number of carbonyl (C=O) groups excluding carboxylic acids is 2. The zero-order chi connectivity index (χ0) is 20.2. The van der Waals surface area contributed by atoms with Crippen LogP contribution in [0.3, 0.4) is 0 Å². The summed E-state index contributed by atoms with van der Waals surface area (Å²) in [5.41, 5.74) is 2.16. The molecule has 6 heteroatoms. The van der Waals surface area contributed by atoms with Crippen molar-refractivity contribution < 1.29 is 19.1 Å². The van der Waals surface area contributed by atoms with Crippen LogP contribution < -0.4 is 14.8 Å². The Morgan fingerprint density at radius 1 is 1.14 bits per heavy atom. The third-order valence-electron chi connectivity index (χ3n) is 5.60. The highest BCUT2D eigenvalue weighted by molar-refractivity contribution is 5.89. The van der Waals surface area contributed by atoms with Crippen molar-refractivity contribution in [2.45, 2.75) is 25.8 Å². The molecular weight excluding hydrogens is 368 g/mol. The van der Waals surface area contributed by atoms with Crippen molar-refractivity contribution in [3.05, 3.63) is 59.7 Å². The predicted molar refractivity (Wildman–Crippen MR) is 109 cm³/mol. The first-order chi connectivity index (χ1) is 14.1. The fraction of sp³-hybridized carbons (Fsp3) is 0.391. The van der Waals surface area contributed by atoms with E-state index in [0.717, 1.165) is 22.6 Å². The van der Waals surface area contributed by atoms with Crippen LogP contribution in [0.4, 0.5) is 0 Å². The Kier molecular flexibility index (Phi) is 5.69. The van der Waals surface area contributed by atoms with E-state index in [9.17, 15) is 9.59 Å². The lowest BCUT2D eigenvalue weighted by atomic mass is 10.1. The molecule has 2 heterocycles. The molecule has 0 aliphatic carbocycles. The molecule has 4 rings (SSSR count). The number of benzene rings is 2. The Hall–Kier alpha value is -3.02. The van der Waals surface area contributed by atoms with E-state index >= 15 is 0 Å². The molecule has 29 heavy (non-hydrogen) atoms. The molecular formula is C23H26N2O4. The Bertz CT molecular complexity index is 884. The number of amides is 2. The Balaban J connectivity index is 1.28. The van der Waals surface area contributed by atoms with Crippen molar-refractivity contribution in [1.82, 2.24) is 10.2 Å². The number of nitrogens with one attached hydrogen (secondary N) is 1. The molecule has 0 saturated carbocycles. The zero-order valence-corrected chi connectivity index (χ0v) is 16.6. The van der Waals surface area contributed by atoms with Gasteiger partial charge in [0, 0.05) is 19.5 Å². The molecule has 0 aromatic heterocycles. The number of carbonyl (C=O) groups is 2. The molecule has 1 N–H and O–H groups in total. The van der Waals surface area contributed by atoms with Gasteiger partial charge in [0.15, 0.2) is 11.5 Å². The molecule has 0 spiro atoms. The maximum Gasteiger partial charge on any atom is 0.225 e. The maximum absolute atomic E-state index is 12.6. The van der Waals surface area contributed by atoms with Gasteiger partial charge >= 0.3 is 0 Å². The Morgan fingerprint density at radius 2 is 1.90 bits per heavy atom. The van der Waals surface area contributed by atoms with Crippen molar-refractivity contribution in [1.29, 1.82) is 0 Å². The molecule has 152 valence electrons. The number of fused-ring (bicyclic) bond motifs is 1. The summed E-state index contributed by atoms with van der Waals surface area (Å²) >= 11 is 0. The van der Waals surface area contributed by atoms with E-state index in [2.05, 4.69) is 5.32 Å². The van der Waals surface area contributed by atoms with Gasteiger partial charge in [-0.3, -0.25) is 9.59 Å². The van der Waals surface area contributed by atoms with Gasteiger partial charge in [-0.25, -0.2) is 0 Å². The summed E-state index contributed by atoms with van der Waals surface area (Å²) < 4.78 is 11.1. The first-order valence-electron chi connectivity index (χ1n) is 10.1. The van der Waals surface area contributed by atoms with Gasteiger partial charge in [-0.05, 0) is 36.6 Å². The predicted octanol–water partition coefficient (Wildman–Crippen LogP) is 2.73. The highest BCUT2D eigenvalue weighted by Gasteiger charge is 2.36. The van der Waals surface area contributed by atoms with Crippen LogP contribution in [-0.4, -0.2) is 43.0 Å². The number of likely N-dealkylation sites (tertiary alicyclic amines) is 1. The van der Waals surface area contributed by atoms with Crippen molar-refractivity contribution >= 4 is 11.8 Å². The molecule has 0 unspecified atom stereocenters. The van der Waals surface area contributed by atoms with Crippen LogP contribution in [0.1, 0.15) is 30.5 Å². The van der Waals surface area contributed by atoms with Crippen LogP contribution in [0.15, 0.2) is 48.5 Å². The van der Waals surface area contributed by atoms with Gasteiger partial charge in [-0.15, -0.1) is 0 Å². The van der Waals surface area contributed by atoms with E-state index in [1.807, 2.05) is 55.5 Å². The minimum absolute atomic E-state index is 0.0285. The van der Waals surface area contributed by atoms with Crippen LogP contribution in [0, 0.1) is 5.92 Å². The second-order valence-electron chi connectivity index (χ2n) is 7.55. The fourth-order valence-corrected chi connectivity index (χ4v) is 3.91. The monoisotopic (exact) mass is 394 g/mol. The summed E-state index contributed by atoms with van der Waals surface area (Å²) in [7, 11) is 0. The number of ether oxygens (including phenoxy) is 2. The fourth-order valence-electron chi connectivity index (χ4n) is 3.91. The van der Waals surface area contributed by atoms with Gasteiger partial charge in [-0.1, -0.05) is 36.4 Å². The topological polar surface area (TPSA) is 67.9 Å². The van der Waals surface area contributed by atoms with Crippen LogP contribution in [0.5, 0.6) is 11.5 Å². The van der Waals surface area contributed by atoms with Gasteiger partial charge < -0.3 is 19.7 Å². The minimum atomic E-state index is -0.297. The smallest absolute Gasteiger partial charge is 0.225 e. The van der Waals surface area contributed by atoms with E-state index in [0.29, 0.717) is 32.7 Å². The normalized spacial score (nSPS) is 19.1.